The zero-order chi connectivity index (χ0) is 15.2. The highest BCUT2D eigenvalue weighted by molar-refractivity contribution is 6.35. The summed E-state index contributed by atoms with van der Waals surface area (Å²) in [4.78, 5) is 4.28. The topological polar surface area (TPSA) is 34.2 Å². The molecule has 0 amide bonds. The number of ether oxygens (including phenoxy) is 1. The number of hydrogen-bond donors (Lipinski definition) is 1. The maximum absolute atomic E-state index is 6.12. The van der Waals surface area contributed by atoms with Gasteiger partial charge in [0.2, 0.25) is 5.88 Å². The first-order chi connectivity index (χ1) is 10.1. The van der Waals surface area contributed by atoms with Crippen LogP contribution >= 0.6 is 23.2 Å². The molecule has 0 atom stereocenters. The standard InChI is InChI=1S/C16H18Cl2N2O/c1-11(2)9-19-10-12-4-3-7-20-16(12)21-15-6-5-13(17)8-14(15)18/h3-8,11,19H,9-10H2,1-2H3. The highest BCUT2D eigenvalue weighted by Gasteiger charge is 2.09. The van der Waals surface area contributed by atoms with Crippen LogP contribution in [0.5, 0.6) is 11.6 Å². The van der Waals surface area contributed by atoms with E-state index >= 15 is 0 Å². The van der Waals surface area contributed by atoms with Gasteiger partial charge in [0.15, 0.2) is 0 Å². The van der Waals surface area contributed by atoms with Crippen molar-refractivity contribution in [3.05, 3.63) is 52.1 Å². The van der Waals surface area contributed by atoms with Gasteiger partial charge in [-0.1, -0.05) is 43.1 Å². The second-order valence-electron chi connectivity index (χ2n) is 5.17. The number of aromatic nitrogens is 1. The Hall–Kier alpha value is -1.29. The molecule has 21 heavy (non-hydrogen) atoms. The molecular formula is C16H18Cl2N2O. The highest BCUT2D eigenvalue weighted by atomic mass is 35.5. The average molecular weight is 325 g/mol. The number of nitrogens with one attached hydrogen (secondary N) is 1. The predicted molar refractivity (Wildman–Crippen MR) is 87.3 cm³/mol. The number of nitrogens with zero attached hydrogens (tertiary/aromatic N) is 1. The van der Waals surface area contributed by atoms with Crippen LogP contribution in [0, 0.1) is 5.92 Å². The number of halogens is 2. The van der Waals surface area contributed by atoms with Gasteiger partial charge in [-0.15, -0.1) is 0 Å². The molecular weight excluding hydrogens is 307 g/mol. The molecule has 2 rings (SSSR count). The Morgan fingerprint density at radius 3 is 2.76 bits per heavy atom. The summed E-state index contributed by atoms with van der Waals surface area (Å²) in [6, 6.07) is 9.01. The summed E-state index contributed by atoms with van der Waals surface area (Å²) >= 11 is 12.0. The molecule has 1 aromatic carbocycles. The molecule has 0 saturated heterocycles. The van der Waals surface area contributed by atoms with Crippen LogP contribution in [0.4, 0.5) is 0 Å². The van der Waals surface area contributed by atoms with Crippen LogP contribution in [-0.4, -0.2) is 11.5 Å². The Morgan fingerprint density at radius 1 is 1.24 bits per heavy atom. The summed E-state index contributed by atoms with van der Waals surface area (Å²) in [7, 11) is 0. The molecule has 0 aliphatic heterocycles. The summed E-state index contributed by atoms with van der Waals surface area (Å²) in [6.45, 7) is 5.98. The van der Waals surface area contributed by atoms with E-state index in [2.05, 4.69) is 24.1 Å². The fraction of sp³-hybridized carbons (Fsp3) is 0.312. The fourth-order valence-electron chi connectivity index (χ4n) is 1.81. The van der Waals surface area contributed by atoms with Crippen molar-refractivity contribution in [3.8, 4) is 11.6 Å². The predicted octanol–water partition coefficient (Wildman–Crippen LogP) is 4.93. The van der Waals surface area contributed by atoms with Crippen molar-refractivity contribution >= 4 is 23.2 Å². The summed E-state index contributed by atoms with van der Waals surface area (Å²) in [5.41, 5.74) is 0.990. The lowest BCUT2D eigenvalue weighted by molar-refractivity contribution is 0.450. The SMILES string of the molecule is CC(C)CNCc1cccnc1Oc1ccc(Cl)cc1Cl. The van der Waals surface area contributed by atoms with Crippen molar-refractivity contribution < 1.29 is 4.74 Å². The molecule has 0 saturated carbocycles. The summed E-state index contributed by atoms with van der Waals surface area (Å²) in [5.74, 6) is 1.69. The van der Waals surface area contributed by atoms with Crippen molar-refractivity contribution in [2.24, 2.45) is 5.92 Å². The smallest absolute Gasteiger partial charge is 0.223 e. The molecule has 1 heterocycles. The normalized spacial score (nSPS) is 10.9. The van der Waals surface area contributed by atoms with Crippen molar-refractivity contribution in [1.82, 2.24) is 10.3 Å². The highest BCUT2D eigenvalue weighted by Crippen LogP contribution is 2.31. The third-order valence-corrected chi connectivity index (χ3v) is 3.35. The number of pyridine rings is 1. The van der Waals surface area contributed by atoms with Crippen LogP contribution in [0.1, 0.15) is 19.4 Å². The first-order valence-electron chi connectivity index (χ1n) is 6.84. The fourth-order valence-corrected chi connectivity index (χ4v) is 2.26. The third-order valence-electron chi connectivity index (χ3n) is 2.82. The number of benzene rings is 1. The van der Waals surface area contributed by atoms with Gasteiger partial charge in [0.05, 0.1) is 5.02 Å². The van der Waals surface area contributed by atoms with E-state index in [0.717, 1.165) is 12.1 Å². The Kier molecular flexibility index (Phi) is 5.85. The summed E-state index contributed by atoms with van der Waals surface area (Å²) in [6.07, 6.45) is 1.70. The summed E-state index contributed by atoms with van der Waals surface area (Å²) < 4.78 is 5.81. The Balaban J connectivity index is 2.12. The molecule has 0 unspecified atom stereocenters. The lowest BCUT2D eigenvalue weighted by Crippen LogP contribution is -2.19. The molecule has 0 radical (unpaired) electrons. The molecule has 0 fully saturated rings. The average Bonchev–Trinajstić information content (AvgIpc) is 2.43. The number of rotatable bonds is 6. The zero-order valence-corrected chi connectivity index (χ0v) is 13.6. The largest absolute Gasteiger partial charge is 0.437 e. The molecule has 0 aliphatic carbocycles. The maximum Gasteiger partial charge on any atom is 0.223 e. The van der Waals surface area contributed by atoms with Gasteiger partial charge in [-0.05, 0) is 36.7 Å². The van der Waals surface area contributed by atoms with Crippen LogP contribution in [0.3, 0.4) is 0 Å². The van der Waals surface area contributed by atoms with Gasteiger partial charge in [-0.3, -0.25) is 0 Å². The molecule has 0 bridgehead atoms. The Morgan fingerprint density at radius 2 is 2.05 bits per heavy atom. The van der Waals surface area contributed by atoms with Gasteiger partial charge in [-0.2, -0.15) is 0 Å². The van der Waals surface area contributed by atoms with E-state index in [-0.39, 0.29) is 0 Å². The van der Waals surface area contributed by atoms with Crippen molar-refractivity contribution in [2.75, 3.05) is 6.54 Å². The quantitative estimate of drug-likeness (QED) is 0.818. The molecule has 5 heteroatoms. The lowest BCUT2D eigenvalue weighted by Gasteiger charge is -2.12. The monoisotopic (exact) mass is 324 g/mol. The molecule has 1 N–H and O–H groups in total. The molecule has 2 aromatic rings. The van der Waals surface area contributed by atoms with Gasteiger partial charge in [-0.25, -0.2) is 4.98 Å². The van der Waals surface area contributed by atoms with Gasteiger partial charge in [0.1, 0.15) is 5.75 Å². The van der Waals surface area contributed by atoms with Crippen molar-refractivity contribution in [1.29, 1.82) is 0 Å². The Bertz CT molecular complexity index is 603. The zero-order valence-electron chi connectivity index (χ0n) is 12.1. The lowest BCUT2D eigenvalue weighted by atomic mass is 10.2. The van der Waals surface area contributed by atoms with Crippen molar-refractivity contribution in [2.45, 2.75) is 20.4 Å². The second-order valence-corrected chi connectivity index (χ2v) is 6.01. The van der Waals surface area contributed by atoms with E-state index in [1.807, 2.05) is 12.1 Å². The van der Waals surface area contributed by atoms with Crippen LogP contribution in [-0.2, 0) is 6.54 Å². The van der Waals surface area contributed by atoms with Gasteiger partial charge < -0.3 is 10.1 Å². The first kappa shape index (κ1) is 16.1. The molecule has 0 aliphatic rings. The summed E-state index contributed by atoms with van der Waals surface area (Å²) in [5, 5.41) is 4.42. The van der Waals surface area contributed by atoms with E-state index < -0.39 is 0 Å². The minimum absolute atomic E-state index is 0.467. The van der Waals surface area contributed by atoms with Crippen LogP contribution in [0.15, 0.2) is 36.5 Å². The van der Waals surface area contributed by atoms with E-state index in [0.29, 0.717) is 34.1 Å². The van der Waals surface area contributed by atoms with Crippen LogP contribution < -0.4 is 10.1 Å². The minimum Gasteiger partial charge on any atom is -0.437 e. The Labute approximate surface area is 135 Å². The third kappa shape index (κ3) is 4.88. The van der Waals surface area contributed by atoms with E-state index in [1.54, 1.807) is 24.4 Å². The van der Waals surface area contributed by atoms with Gasteiger partial charge >= 0.3 is 0 Å². The molecule has 0 spiro atoms. The van der Waals surface area contributed by atoms with Gasteiger partial charge in [0, 0.05) is 23.3 Å². The number of hydrogen-bond acceptors (Lipinski definition) is 3. The first-order valence-corrected chi connectivity index (χ1v) is 7.59. The molecule has 112 valence electrons. The van der Waals surface area contributed by atoms with E-state index in [4.69, 9.17) is 27.9 Å². The van der Waals surface area contributed by atoms with Crippen LogP contribution in [0.25, 0.3) is 0 Å². The second kappa shape index (κ2) is 7.64. The van der Waals surface area contributed by atoms with Gasteiger partial charge in [0.25, 0.3) is 0 Å². The van der Waals surface area contributed by atoms with E-state index in [9.17, 15) is 0 Å². The maximum atomic E-state index is 6.12. The minimum atomic E-state index is 0.467. The molecule has 3 nitrogen and oxygen atoms in total. The van der Waals surface area contributed by atoms with Crippen LogP contribution in [0.2, 0.25) is 10.0 Å². The van der Waals surface area contributed by atoms with E-state index in [1.165, 1.54) is 0 Å². The van der Waals surface area contributed by atoms with Crippen molar-refractivity contribution in [3.63, 3.8) is 0 Å². The molecule has 1 aromatic heterocycles.